The van der Waals surface area contributed by atoms with E-state index in [4.69, 9.17) is 5.73 Å². The molecule has 6 heteroatoms. The highest BCUT2D eigenvalue weighted by Gasteiger charge is 2.22. The lowest BCUT2D eigenvalue weighted by molar-refractivity contribution is 0.447. The largest absolute Gasteiger partial charge is 0.368 e. The van der Waals surface area contributed by atoms with E-state index in [0.717, 1.165) is 35.5 Å². The molecule has 1 fully saturated rings. The molecule has 1 saturated carbocycles. The lowest BCUT2D eigenvalue weighted by Crippen LogP contribution is -2.10. The van der Waals surface area contributed by atoms with E-state index in [-0.39, 0.29) is 11.8 Å². The van der Waals surface area contributed by atoms with E-state index < -0.39 is 0 Å². The zero-order valence-electron chi connectivity index (χ0n) is 14.6. The van der Waals surface area contributed by atoms with Gasteiger partial charge >= 0.3 is 0 Å². The second-order valence-electron chi connectivity index (χ2n) is 6.80. The van der Waals surface area contributed by atoms with Gasteiger partial charge in [0.2, 0.25) is 5.95 Å². The summed E-state index contributed by atoms with van der Waals surface area (Å²) in [6.45, 7) is 0. The standard InChI is InChI=1S/C20H22FN5/c21-15-9-7-14(8-10-15)18-19(17-11-12-23-20(22)25-17)26(13-24-18)16-5-3-1-2-4-6-16/h7-13,16H,1-6H2,(H2,22,23,25). The molecule has 0 amide bonds. The second-order valence-corrected chi connectivity index (χ2v) is 6.80. The molecule has 0 aliphatic heterocycles. The number of nitrogen functional groups attached to an aromatic ring is 1. The topological polar surface area (TPSA) is 69.6 Å². The van der Waals surface area contributed by atoms with Gasteiger partial charge in [0.05, 0.1) is 23.4 Å². The van der Waals surface area contributed by atoms with Crippen molar-refractivity contribution in [3.63, 3.8) is 0 Å². The molecule has 0 saturated heterocycles. The first-order valence-corrected chi connectivity index (χ1v) is 9.14. The van der Waals surface area contributed by atoms with E-state index in [1.165, 1.54) is 37.8 Å². The van der Waals surface area contributed by atoms with Crippen molar-refractivity contribution in [2.45, 2.75) is 44.6 Å². The Kier molecular flexibility index (Phi) is 4.65. The monoisotopic (exact) mass is 351 g/mol. The van der Waals surface area contributed by atoms with Crippen LogP contribution < -0.4 is 5.73 Å². The van der Waals surface area contributed by atoms with Gasteiger partial charge in [-0.3, -0.25) is 0 Å². The van der Waals surface area contributed by atoms with Gasteiger partial charge in [-0.1, -0.05) is 25.7 Å². The normalized spacial score (nSPS) is 15.7. The van der Waals surface area contributed by atoms with Crippen LogP contribution in [-0.2, 0) is 0 Å². The van der Waals surface area contributed by atoms with Crippen molar-refractivity contribution in [3.8, 4) is 22.6 Å². The third-order valence-electron chi connectivity index (χ3n) is 5.05. The van der Waals surface area contributed by atoms with Crippen LogP contribution in [0.4, 0.5) is 10.3 Å². The number of nitrogens with zero attached hydrogens (tertiary/aromatic N) is 4. The summed E-state index contributed by atoms with van der Waals surface area (Å²) in [5.74, 6) is -0.0223. The molecule has 1 aromatic carbocycles. The molecule has 3 aromatic rings. The molecule has 0 atom stereocenters. The van der Waals surface area contributed by atoms with Crippen molar-refractivity contribution in [1.29, 1.82) is 0 Å². The van der Waals surface area contributed by atoms with Crippen LogP contribution in [0.3, 0.4) is 0 Å². The van der Waals surface area contributed by atoms with Crippen LogP contribution in [0.25, 0.3) is 22.6 Å². The van der Waals surface area contributed by atoms with Crippen LogP contribution in [-0.4, -0.2) is 19.5 Å². The van der Waals surface area contributed by atoms with Crippen molar-refractivity contribution < 1.29 is 4.39 Å². The number of anilines is 1. The van der Waals surface area contributed by atoms with E-state index in [1.54, 1.807) is 18.3 Å². The van der Waals surface area contributed by atoms with Gasteiger partial charge in [0.1, 0.15) is 5.82 Å². The molecule has 0 radical (unpaired) electrons. The maximum Gasteiger partial charge on any atom is 0.220 e. The van der Waals surface area contributed by atoms with Gasteiger partial charge in [-0.25, -0.2) is 19.3 Å². The van der Waals surface area contributed by atoms with Crippen LogP contribution in [0.1, 0.15) is 44.6 Å². The molecule has 134 valence electrons. The molecular formula is C20H22FN5. The van der Waals surface area contributed by atoms with E-state index >= 15 is 0 Å². The van der Waals surface area contributed by atoms with Crippen LogP contribution >= 0.6 is 0 Å². The molecule has 5 nitrogen and oxygen atoms in total. The molecule has 0 bridgehead atoms. The molecule has 0 spiro atoms. The average Bonchev–Trinajstić information content (AvgIpc) is 2.90. The molecule has 1 aliphatic rings. The highest BCUT2D eigenvalue weighted by atomic mass is 19.1. The van der Waals surface area contributed by atoms with Crippen LogP contribution in [0, 0.1) is 5.82 Å². The second kappa shape index (κ2) is 7.23. The summed E-state index contributed by atoms with van der Waals surface area (Å²) in [6, 6.07) is 8.67. The van der Waals surface area contributed by atoms with Crippen LogP contribution in [0.15, 0.2) is 42.9 Å². The van der Waals surface area contributed by atoms with E-state index in [0.29, 0.717) is 6.04 Å². The first-order chi connectivity index (χ1) is 12.7. The van der Waals surface area contributed by atoms with E-state index in [9.17, 15) is 4.39 Å². The summed E-state index contributed by atoms with van der Waals surface area (Å²) >= 11 is 0. The Morgan fingerprint density at radius 3 is 2.38 bits per heavy atom. The van der Waals surface area contributed by atoms with E-state index in [2.05, 4.69) is 19.5 Å². The number of rotatable bonds is 3. The van der Waals surface area contributed by atoms with Gasteiger partial charge < -0.3 is 10.3 Å². The zero-order chi connectivity index (χ0) is 17.9. The fourth-order valence-electron chi connectivity index (χ4n) is 3.75. The lowest BCUT2D eigenvalue weighted by atomic mass is 10.1. The van der Waals surface area contributed by atoms with Crippen molar-refractivity contribution in [3.05, 3.63) is 48.7 Å². The maximum atomic E-state index is 13.4. The molecule has 26 heavy (non-hydrogen) atoms. The summed E-state index contributed by atoms with van der Waals surface area (Å²) in [6.07, 6.45) is 10.8. The van der Waals surface area contributed by atoms with Crippen molar-refractivity contribution in [2.75, 3.05) is 5.73 Å². The third kappa shape index (κ3) is 3.31. The number of imidazole rings is 1. The van der Waals surface area contributed by atoms with Crippen LogP contribution in [0.2, 0.25) is 0 Å². The van der Waals surface area contributed by atoms with Gasteiger partial charge in [0.15, 0.2) is 0 Å². The van der Waals surface area contributed by atoms with Crippen molar-refractivity contribution in [2.24, 2.45) is 0 Å². The Hall–Kier alpha value is -2.76. The number of hydrogen-bond acceptors (Lipinski definition) is 4. The van der Waals surface area contributed by atoms with Gasteiger partial charge in [-0.2, -0.15) is 0 Å². The van der Waals surface area contributed by atoms with Gasteiger partial charge in [-0.15, -0.1) is 0 Å². The molecule has 2 N–H and O–H groups in total. The summed E-state index contributed by atoms with van der Waals surface area (Å²) in [5, 5.41) is 0. The van der Waals surface area contributed by atoms with Crippen molar-refractivity contribution >= 4 is 5.95 Å². The first-order valence-electron chi connectivity index (χ1n) is 9.14. The molecule has 4 rings (SSSR count). The third-order valence-corrected chi connectivity index (χ3v) is 5.05. The fraction of sp³-hybridized carbons (Fsp3) is 0.350. The molecule has 1 aliphatic carbocycles. The molecule has 2 heterocycles. The quantitative estimate of drug-likeness (QED) is 0.699. The Bertz CT molecular complexity index is 879. The smallest absolute Gasteiger partial charge is 0.220 e. The Morgan fingerprint density at radius 2 is 1.69 bits per heavy atom. The molecule has 2 aromatic heterocycles. The summed E-state index contributed by atoms with van der Waals surface area (Å²) in [4.78, 5) is 13.1. The SMILES string of the molecule is Nc1nccc(-c2c(-c3ccc(F)cc3)ncn2C2CCCCCC2)n1. The molecular weight excluding hydrogens is 329 g/mol. The highest BCUT2D eigenvalue weighted by molar-refractivity contribution is 5.77. The summed E-state index contributed by atoms with van der Waals surface area (Å²) in [7, 11) is 0. The van der Waals surface area contributed by atoms with Gasteiger partial charge in [-0.05, 0) is 43.2 Å². The first kappa shape index (κ1) is 16.7. The fourth-order valence-corrected chi connectivity index (χ4v) is 3.75. The summed E-state index contributed by atoms with van der Waals surface area (Å²) < 4.78 is 15.6. The Balaban J connectivity index is 1.85. The number of aromatic nitrogens is 4. The minimum absolute atomic E-state index is 0.237. The Morgan fingerprint density at radius 1 is 0.962 bits per heavy atom. The summed E-state index contributed by atoms with van der Waals surface area (Å²) in [5.41, 5.74) is 9.17. The minimum atomic E-state index is -0.259. The van der Waals surface area contributed by atoms with Gasteiger partial charge in [0, 0.05) is 17.8 Å². The molecule has 0 unspecified atom stereocenters. The Labute approximate surface area is 152 Å². The number of benzene rings is 1. The minimum Gasteiger partial charge on any atom is -0.368 e. The lowest BCUT2D eigenvalue weighted by Gasteiger charge is -2.19. The van der Waals surface area contributed by atoms with Crippen LogP contribution in [0.5, 0.6) is 0 Å². The predicted molar refractivity (Wildman–Crippen MR) is 99.8 cm³/mol. The van der Waals surface area contributed by atoms with Crippen molar-refractivity contribution in [1.82, 2.24) is 19.5 Å². The predicted octanol–water partition coefficient (Wildman–Crippen LogP) is 4.62. The average molecular weight is 351 g/mol. The number of halogens is 1. The maximum absolute atomic E-state index is 13.4. The number of hydrogen-bond donors (Lipinski definition) is 1. The van der Waals surface area contributed by atoms with Gasteiger partial charge in [0.25, 0.3) is 0 Å². The highest BCUT2D eigenvalue weighted by Crippen LogP contribution is 2.36. The number of nitrogens with two attached hydrogens (primary N) is 1. The van der Waals surface area contributed by atoms with E-state index in [1.807, 2.05) is 12.4 Å². The zero-order valence-corrected chi connectivity index (χ0v) is 14.6.